The standard InChI is InChI=1S/C17H20F3N5O/c18-17(19,20)15-9-16(22-11-21-15)25(12-1-2-12)13-4-7-24(8-5-13)10-14-3-6-23-26-14/h3,6,9,11-13H,1-2,4-5,7-8,10H2. The molecule has 0 spiro atoms. The van der Waals surface area contributed by atoms with Gasteiger partial charge in [-0.3, -0.25) is 4.90 Å². The van der Waals surface area contributed by atoms with Crippen LogP contribution < -0.4 is 4.90 Å². The zero-order valence-corrected chi connectivity index (χ0v) is 14.2. The molecule has 2 aromatic rings. The van der Waals surface area contributed by atoms with E-state index in [0.717, 1.165) is 56.9 Å². The highest BCUT2D eigenvalue weighted by atomic mass is 19.4. The summed E-state index contributed by atoms with van der Waals surface area (Å²) in [4.78, 5) is 11.9. The molecular formula is C17H20F3N5O. The summed E-state index contributed by atoms with van der Waals surface area (Å²) in [5, 5.41) is 3.71. The van der Waals surface area contributed by atoms with Crippen LogP contribution in [0, 0.1) is 0 Å². The molecule has 0 amide bonds. The summed E-state index contributed by atoms with van der Waals surface area (Å²) in [6.45, 7) is 2.44. The van der Waals surface area contributed by atoms with Gasteiger partial charge in [0.05, 0.1) is 12.7 Å². The van der Waals surface area contributed by atoms with Crippen LogP contribution in [0.15, 0.2) is 29.2 Å². The Morgan fingerprint density at radius 3 is 2.46 bits per heavy atom. The molecule has 4 rings (SSSR count). The van der Waals surface area contributed by atoms with Gasteiger partial charge in [-0.05, 0) is 25.7 Å². The number of hydrogen-bond acceptors (Lipinski definition) is 6. The Hall–Kier alpha value is -2.16. The fourth-order valence-corrected chi connectivity index (χ4v) is 3.57. The van der Waals surface area contributed by atoms with Crippen LogP contribution >= 0.6 is 0 Å². The predicted molar refractivity (Wildman–Crippen MR) is 87.3 cm³/mol. The molecule has 0 unspecified atom stereocenters. The first-order valence-electron chi connectivity index (χ1n) is 8.80. The summed E-state index contributed by atoms with van der Waals surface area (Å²) in [6.07, 6.45) is 1.98. The predicted octanol–water partition coefficient (Wildman–Crippen LogP) is 3.12. The van der Waals surface area contributed by atoms with E-state index in [1.54, 1.807) is 6.20 Å². The third-order valence-corrected chi connectivity index (χ3v) is 4.97. The zero-order chi connectivity index (χ0) is 18.1. The second-order valence-electron chi connectivity index (χ2n) is 6.88. The molecule has 1 saturated carbocycles. The smallest absolute Gasteiger partial charge is 0.360 e. The van der Waals surface area contributed by atoms with E-state index in [9.17, 15) is 13.2 Å². The van der Waals surface area contributed by atoms with Crippen molar-refractivity contribution in [1.82, 2.24) is 20.0 Å². The minimum absolute atomic E-state index is 0.199. The zero-order valence-electron chi connectivity index (χ0n) is 14.2. The summed E-state index contributed by atoms with van der Waals surface area (Å²) >= 11 is 0. The summed E-state index contributed by atoms with van der Waals surface area (Å²) < 4.78 is 44.1. The van der Waals surface area contributed by atoms with Gasteiger partial charge in [0.1, 0.15) is 17.8 Å². The Labute approximate surface area is 149 Å². The number of halogens is 3. The normalized spacial score (nSPS) is 19.7. The van der Waals surface area contributed by atoms with Crippen molar-refractivity contribution < 1.29 is 17.7 Å². The molecule has 1 aliphatic heterocycles. The highest BCUT2D eigenvalue weighted by molar-refractivity contribution is 5.44. The number of nitrogens with zero attached hydrogens (tertiary/aromatic N) is 5. The van der Waals surface area contributed by atoms with Gasteiger partial charge < -0.3 is 9.42 Å². The molecule has 0 N–H and O–H groups in total. The molecule has 6 nitrogen and oxygen atoms in total. The van der Waals surface area contributed by atoms with Crippen molar-refractivity contribution in [2.75, 3.05) is 18.0 Å². The number of anilines is 1. The van der Waals surface area contributed by atoms with Crippen molar-refractivity contribution in [2.45, 2.75) is 50.5 Å². The first kappa shape index (κ1) is 17.3. The van der Waals surface area contributed by atoms with E-state index in [-0.39, 0.29) is 12.1 Å². The van der Waals surface area contributed by atoms with Crippen LogP contribution in [0.25, 0.3) is 0 Å². The van der Waals surface area contributed by atoms with Gasteiger partial charge in [-0.15, -0.1) is 0 Å². The molecule has 140 valence electrons. The highest BCUT2D eigenvalue weighted by Crippen LogP contribution is 2.37. The molecular weight excluding hydrogens is 347 g/mol. The minimum Gasteiger partial charge on any atom is -0.360 e. The van der Waals surface area contributed by atoms with Crippen molar-refractivity contribution in [1.29, 1.82) is 0 Å². The van der Waals surface area contributed by atoms with Crippen LogP contribution in [0.5, 0.6) is 0 Å². The van der Waals surface area contributed by atoms with Gasteiger partial charge in [-0.2, -0.15) is 13.2 Å². The Balaban J connectivity index is 1.45. The number of hydrogen-bond donors (Lipinski definition) is 0. The number of rotatable bonds is 5. The van der Waals surface area contributed by atoms with Gasteiger partial charge in [-0.1, -0.05) is 5.16 Å². The first-order valence-corrected chi connectivity index (χ1v) is 8.80. The lowest BCUT2D eigenvalue weighted by atomic mass is 10.0. The van der Waals surface area contributed by atoms with E-state index in [4.69, 9.17) is 4.52 Å². The maximum atomic E-state index is 13.0. The largest absolute Gasteiger partial charge is 0.433 e. The van der Waals surface area contributed by atoms with E-state index in [1.165, 1.54) is 0 Å². The Morgan fingerprint density at radius 1 is 1.12 bits per heavy atom. The second kappa shape index (κ2) is 6.86. The van der Waals surface area contributed by atoms with E-state index in [2.05, 4.69) is 24.9 Å². The van der Waals surface area contributed by atoms with Crippen LogP contribution in [-0.2, 0) is 12.7 Å². The molecule has 0 atom stereocenters. The average Bonchev–Trinajstić information content (AvgIpc) is 3.32. The van der Waals surface area contributed by atoms with E-state index >= 15 is 0 Å². The monoisotopic (exact) mass is 367 g/mol. The molecule has 9 heteroatoms. The van der Waals surface area contributed by atoms with Gasteiger partial charge in [-0.25, -0.2) is 9.97 Å². The summed E-state index contributed by atoms with van der Waals surface area (Å²) in [5.74, 6) is 1.22. The molecule has 2 aromatic heterocycles. The highest BCUT2D eigenvalue weighted by Gasteiger charge is 2.38. The lowest BCUT2D eigenvalue weighted by molar-refractivity contribution is -0.141. The van der Waals surface area contributed by atoms with Crippen LogP contribution in [0.3, 0.4) is 0 Å². The van der Waals surface area contributed by atoms with E-state index < -0.39 is 11.9 Å². The Kier molecular flexibility index (Phi) is 4.56. The molecule has 3 heterocycles. The van der Waals surface area contributed by atoms with Crippen molar-refractivity contribution in [3.8, 4) is 0 Å². The van der Waals surface area contributed by atoms with Gasteiger partial charge in [0.15, 0.2) is 5.76 Å². The molecule has 2 aliphatic rings. The number of likely N-dealkylation sites (tertiary alicyclic amines) is 1. The Bertz CT molecular complexity index is 724. The van der Waals surface area contributed by atoms with Crippen LogP contribution in [0.4, 0.5) is 19.0 Å². The molecule has 1 saturated heterocycles. The molecule has 0 radical (unpaired) electrons. The van der Waals surface area contributed by atoms with Crippen molar-refractivity contribution >= 4 is 5.82 Å². The second-order valence-corrected chi connectivity index (χ2v) is 6.88. The summed E-state index contributed by atoms with van der Waals surface area (Å²) in [6, 6.07) is 3.42. The summed E-state index contributed by atoms with van der Waals surface area (Å²) in [5.41, 5.74) is -0.879. The number of piperidine rings is 1. The quantitative estimate of drug-likeness (QED) is 0.809. The lowest BCUT2D eigenvalue weighted by Gasteiger charge is -2.39. The third-order valence-electron chi connectivity index (χ3n) is 4.97. The number of aromatic nitrogens is 3. The molecule has 0 aromatic carbocycles. The first-order chi connectivity index (χ1) is 12.5. The molecule has 1 aliphatic carbocycles. The topological polar surface area (TPSA) is 58.3 Å². The third kappa shape index (κ3) is 3.82. The maximum absolute atomic E-state index is 13.0. The van der Waals surface area contributed by atoms with Crippen LogP contribution in [0.1, 0.15) is 37.1 Å². The molecule has 26 heavy (non-hydrogen) atoms. The Morgan fingerprint density at radius 2 is 1.85 bits per heavy atom. The van der Waals surface area contributed by atoms with Crippen LogP contribution in [-0.4, -0.2) is 45.2 Å². The maximum Gasteiger partial charge on any atom is 0.433 e. The average molecular weight is 367 g/mol. The van der Waals surface area contributed by atoms with Gasteiger partial charge in [0, 0.05) is 37.3 Å². The van der Waals surface area contributed by atoms with Crippen molar-refractivity contribution in [3.63, 3.8) is 0 Å². The van der Waals surface area contributed by atoms with E-state index in [0.29, 0.717) is 12.4 Å². The SMILES string of the molecule is FC(F)(F)c1cc(N(C2CC2)C2CCN(Cc3ccno3)CC2)ncn1. The van der Waals surface area contributed by atoms with Crippen LogP contribution in [0.2, 0.25) is 0 Å². The molecule has 2 fully saturated rings. The van der Waals surface area contributed by atoms with Gasteiger partial charge in [0.25, 0.3) is 0 Å². The number of alkyl halides is 3. The fraction of sp³-hybridized carbons (Fsp3) is 0.588. The van der Waals surface area contributed by atoms with Gasteiger partial charge in [0.2, 0.25) is 0 Å². The minimum atomic E-state index is -4.45. The van der Waals surface area contributed by atoms with Crippen molar-refractivity contribution in [3.05, 3.63) is 36.1 Å². The summed E-state index contributed by atoms with van der Waals surface area (Å²) in [7, 11) is 0. The van der Waals surface area contributed by atoms with Gasteiger partial charge >= 0.3 is 6.18 Å². The van der Waals surface area contributed by atoms with Crippen molar-refractivity contribution in [2.24, 2.45) is 0 Å². The lowest BCUT2D eigenvalue weighted by Crippen LogP contribution is -2.46. The van der Waals surface area contributed by atoms with E-state index in [1.807, 2.05) is 6.07 Å². The fourth-order valence-electron chi connectivity index (χ4n) is 3.57. The molecule has 0 bridgehead atoms.